The fraction of sp³-hybridized carbons (Fsp3) is 0.625. The zero-order valence-electron chi connectivity index (χ0n) is 12.5. The maximum atomic E-state index is 13.6. The molecule has 0 aliphatic heterocycles. The van der Waals surface area contributed by atoms with E-state index in [1.165, 1.54) is 18.6 Å². The Morgan fingerprint density at radius 1 is 1.48 bits per heavy atom. The quantitative estimate of drug-likeness (QED) is 0.663. The van der Waals surface area contributed by atoms with Gasteiger partial charge >= 0.3 is 0 Å². The number of halogens is 1. The number of benzene rings is 1. The lowest BCUT2D eigenvalue weighted by atomic mass is 9.66. The standard InChI is InChI=1S/C16H23FN2O2/c1-2-12-4-3-5-16(9-12,11-18)10-13-6-14(17)8-15(7-13)19(20)21/h6-8,12H,2-5,9-11,18H2,1H3. The van der Waals surface area contributed by atoms with Crippen molar-refractivity contribution in [2.75, 3.05) is 6.54 Å². The van der Waals surface area contributed by atoms with E-state index in [-0.39, 0.29) is 11.1 Å². The second-order valence-corrected chi connectivity index (χ2v) is 6.33. The van der Waals surface area contributed by atoms with Gasteiger partial charge in [0.15, 0.2) is 0 Å². The average molecular weight is 294 g/mol. The van der Waals surface area contributed by atoms with E-state index in [0.717, 1.165) is 31.7 Å². The SMILES string of the molecule is CCC1CCCC(CN)(Cc2cc(F)cc([N+](=O)[O-])c2)C1. The van der Waals surface area contributed by atoms with E-state index in [1.807, 2.05) is 0 Å². The molecule has 21 heavy (non-hydrogen) atoms. The molecule has 0 spiro atoms. The summed E-state index contributed by atoms with van der Waals surface area (Å²) in [6.45, 7) is 2.73. The van der Waals surface area contributed by atoms with Crippen LogP contribution in [-0.4, -0.2) is 11.5 Å². The van der Waals surface area contributed by atoms with Crippen molar-refractivity contribution < 1.29 is 9.31 Å². The van der Waals surface area contributed by atoms with Gasteiger partial charge in [-0.3, -0.25) is 10.1 Å². The van der Waals surface area contributed by atoms with Crippen LogP contribution in [0.3, 0.4) is 0 Å². The second kappa shape index (κ2) is 6.52. The van der Waals surface area contributed by atoms with Crippen LogP contribution < -0.4 is 5.73 Å². The van der Waals surface area contributed by atoms with Gasteiger partial charge < -0.3 is 5.73 Å². The summed E-state index contributed by atoms with van der Waals surface area (Å²) in [5, 5.41) is 10.9. The highest BCUT2D eigenvalue weighted by atomic mass is 19.1. The van der Waals surface area contributed by atoms with Crippen LogP contribution in [0.2, 0.25) is 0 Å². The largest absolute Gasteiger partial charge is 0.330 e. The maximum Gasteiger partial charge on any atom is 0.272 e. The molecule has 1 aromatic carbocycles. The summed E-state index contributed by atoms with van der Waals surface area (Å²) in [5.41, 5.74) is 6.47. The van der Waals surface area contributed by atoms with Gasteiger partial charge in [-0.05, 0) is 48.8 Å². The first-order valence-corrected chi connectivity index (χ1v) is 7.62. The van der Waals surface area contributed by atoms with Crippen LogP contribution in [0.15, 0.2) is 18.2 Å². The molecule has 1 aliphatic carbocycles. The van der Waals surface area contributed by atoms with E-state index in [0.29, 0.717) is 24.4 Å². The molecule has 2 rings (SSSR count). The molecule has 1 fully saturated rings. The summed E-state index contributed by atoms with van der Waals surface area (Å²) < 4.78 is 13.6. The van der Waals surface area contributed by atoms with Crippen LogP contribution in [0, 0.1) is 27.3 Å². The molecule has 0 bridgehead atoms. The summed E-state index contributed by atoms with van der Waals surface area (Å²) in [5.74, 6) is 0.111. The molecule has 116 valence electrons. The maximum absolute atomic E-state index is 13.6. The predicted octanol–water partition coefficient (Wildman–Crippen LogP) is 3.82. The fourth-order valence-electron chi connectivity index (χ4n) is 3.62. The number of hydrogen-bond acceptors (Lipinski definition) is 3. The van der Waals surface area contributed by atoms with Crippen molar-refractivity contribution in [1.29, 1.82) is 0 Å². The van der Waals surface area contributed by atoms with Gasteiger partial charge in [0.05, 0.1) is 11.0 Å². The summed E-state index contributed by atoms with van der Waals surface area (Å²) in [6, 6.07) is 3.85. The van der Waals surface area contributed by atoms with E-state index in [1.54, 1.807) is 0 Å². The van der Waals surface area contributed by atoms with E-state index >= 15 is 0 Å². The third-order valence-electron chi connectivity index (χ3n) is 4.78. The Hall–Kier alpha value is -1.49. The number of nitrogens with two attached hydrogens (primary N) is 1. The third kappa shape index (κ3) is 3.79. The zero-order valence-corrected chi connectivity index (χ0v) is 12.5. The first-order chi connectivity index (χ1) is 9.98. The van der Waals surface area contributed by atoms with Crippen LogP contribution in [0.1, 0.15) is 44.6 Å². The Kier molecular flexibility index (Phi) is 4.93. The zero-order chi connectivity index (χ0) is 15.5. The highest BCUT2D eigenvalue weighted by Gasteiger charge is 2.35. The Morgan fingerprint density at radius 2 is 2.24 bits per heavy atom. The second-order valence-electron chi connectivity index (χ2n) is 6.33. The lowest BCUT2D eigenvalue weighted by molar-refractivity contribution is -0.385. The van der Waals surface area contributed by atoms with E-state index < -0.39 is 10.7 Å². The normalized spacial score (nSPS) is 25.8. The minimum Gasteiger partial charge on any atom is -0.330 e. The summed E-state index contributed by atoms with van der Waals surface area (Å²) in [6.07, 6.45) is 6.16. The van der Waals surface area contributed by atoms with Crippen molar-refractivity contribution in [3.63, 3.8) is 0 Å². The van der Waals surface area contributed by atoms with Gasteiger partial charge in [-0.1, -0.05) is 26.2 Å². The van der Waals surface area contributed by atoms with Gasteiger partial charge in [0.1, 0.15) is 5.82 Å². The lowest BCUT2D eigenvalue weighted by Gasteiger charge is -2.40. The van der Waals surface area contributed by atoms with Crippen molar-refractivity contribution in [2.45, 2.75) is 45.4 Å². The molecule has 5 heteroatoms. The van der Waals surface area contributed by atoms with Crippen LogP contribution in [-0.2, 0) is 6.42 Å². The molecule has 0 saturated heterocycles. The number of nitro groups is 1. The fourth-order valence-corrected chi connectivity index (χ4v) is 3.62. The van der Waals surface area contributed by atoms with Crippen molar-refractivity contribution >= 4 is 5.69 Å². The molecule has 1 aliphatic rings. The predicted molar refractivity (Wildman–Crippen MR) is 80.5 cm³/mol. The average Bonchev–Trinajstić information content (AvgIpc) is 2.46. The molecule has 0 aromatic heterocycles. The van der Waals surface area contributed by atoms with Crippen molar-refractivity contribution in [3.05, 3.63) is 39.7 Å². The molecule has 2 atom stereocenters. The molecular formula is C16H23FN2O2. The van der Waals surface area contributed by atoms with E-state index in [4.69, 9.17) is 5.73 Å². The topological polar surface area (TPSA) is 69.2 Å². The summed E-state index contributed by atoms with van der Waals surface area (Å²) in [4.78, 5) is 10.3. The summed E-state index contributed by atoms with van der Waals surface area (Å²) >= 11 is 0. The Bertz CT molecular complexity index is 521. The van der Waals surface area contributed by atoms with Crippen molar-refractivity contribution in [2.24, 2.45) is 17.1 Å². The number of non-ortho nitro benzene ring substituents is 1. The van der Waals surface area contributed by atoms with Crippen LogP contribution in [0.25, 0.3) is 0 Å². The molecule has 2 N–H and O–H groups in total. The van der Waals surface area contributed by atoms with E-state index in [2.05, 4.69) is 6.92 Å². The molecular weight excluding hydrogens is 271 g/mol. The highest BCUT2D eigenvalue weighted by molar-refractivity contribution is 5.35. The smallest absolute Gasteiger partial charge is 0.272 e. The lowest BCUT2D eigenvalue weighted by Crippen LogP contribution is -2.37. The number of nitro benzene ring substituents is 1. The van der Waals surface area contributed by atoms with Crippen LogP contribution in [0.5, 0.6) is 0 Å². The Morgan fingerprint density at radius 3 is 2.86 bits per heavy atom. The van der Waals surface area contributed by atoms with Crippen molar-refractivity contribution in [3.8, 4) is 0 Å². The number of nitrogens with zero attached hydrogens (tertiary/aromatic N) is 1. The minimum atomic E-state index is -0.547. The highest BCUT2D eigenvalue weighted by Crippen LogP contribution is 2.42. The Balaban J connectivity index is 2.23. The molecule has 0 amide bonds. The molecule has 2 unspecified atom stereocenters. The monoisotopic (exact) mass is 294 g/mol. The molecule has 4 nitrogen and oxygen atoms in total. The number of rotatable bonds is 5. The molecule has 1 saturated carbocycles. The van der Waals surface area contributed by atoms with Gasteiger partial charge in [0, 0.05) is 6.07 Å². The van der Waals surface area contributed by atoms with Gasteiger partial charge in [-0.25, -0.2) is 4.39 Å². The van der Waals surface area contributed by atoms with Gasteiger partial charge in [-0.2, -0.15) is 0 Å². The minimum absolute atomic E-state index is 0.0411. The first-order valence-electron chi connectivity index (χ1n) is 7.62. The van der Waals surface area contributed by atoms with Gasteiger partial charge in [0.2, 0.25) is 0 Å². The van der Waals surface area contributed by atoms with E-state index in [9.17, 15) is 14.5 Å². The molecule has 0 radical (unpaired) electrons. The van der Waals surface area contributed by atoms with Crippen LogP contribution in [0.4, 0.5) is 10.1 Å². The molecule has 0 heterocycles. The summed E-state index contributed by atoms with van der Waals surface area (Å²) in [7, 11) is 0. The first kappa shape index (κ1) is 15.9. The van der Waals surface area contributed by atoms with Gasteiger partial charge in [0.25, 0.3) is 5.69 Å². The van der Waals surface area contributed by atoms with Crippen LogP contribution >= 0.6 is 0 Å². The third-order valence-corrected chi connectivity index (χ3v) is 4.78. The number of hydrogen-bond donors (Lipinski definition) is 1. The van der Waals surface area contributed by atoms with Gasteiger partial charge in [-0.15, -0.1) is 0 Å². The molecule has 1 aromatic rings. The van der Waals surface area contributed by atoms with Crippen molar-refractivity contribution in [1.82, 2.24) is 0 Å². The Labute approximate surface area is 124 Å².